The van der Waals surface area contributed by atoms with Crippen LogP contribution in [0, 0.1) is 13.8 Å². The van der Waals surface area contributed by atoms with E-state index in [4.69, 9.17) is 23.2 Å². The summed E-state index contributed by atoms with van der Waals surface area (Å²) in [4.78, 5) is 32.4. The number of aromatic nitrogens is 1. The Labute approximate surface area is 160 Å². The van der Waals surface area contributed by atoms with Gasteiger partial charge >= 0.3 is 0 Å². The number of anilines is 1. The zero-order valence-corrected chi connectivity index (χ0v) is 16.1. The van der Waals surface area contributed by atoms with Gasteiger partial charge in [-0.05, 0) is 44.9 Å². The smallest absolute Gasteiger partial charge is 0.254 e. The predicted molar refractivity (Wildman–Crippen MR) is 101 cm³/mol. The molecular formula is C17H17Cl2N3O2S. The van der Waals surface area contributed by atoms with E-state index in [9.17, 15) is 9.59 Å². The summed E-state index contributed by atoms with van der Waals surface area (Å²) >= 11 is 13.3. The first-order valence-electron chi connectivity index (χ1n) is 7.87. The molecule has 1 aliphatic rings. The lowest BCUT2D eigenvalue weighted by Gasteiger charge is -2.23. The second-order valence-corrected chi connectivity index (χ2v) is 7.95. The second-order valence-electron chi connectivity index (χ2n) is 5.94. The third-order valence-electron chi connectivity index (χ3n) is 4.24. The number of aryl methyl sites for hydroxylation is 2. The highest BCUT2D eigenvalue weighted by molar-refractivity contribution is 7.15. The van der Waals surface area contributed by atoms with Gasteiger partial charge in [0.1, 0.15) is 6.04 Å². The number of likely N-dealkylation sites (tertiary alicyclic amines) is 1. The van der Waals surface area contributed by atoms with Gasteiger partial charge in [0.05, 0.1) is 15.7 Å². The molecule has 0 spiro atoms. The van der Waals surface area contributed by atoms with Crippen molar-refractivity contribution >= 4 is 51.5 Å². The van der Waals surface area contributed by atoms with Crippen LogP contribution in [0.1, 0.15) is 33.8 Å². The molecule has 5 nitrogen and oxygen atoms in total. The minimum absolute atomic E-state index is 0.209. The Morgan fingerprint density at radius 2 is 2.04 bits per heavy atom. The molecule has 2 aromatic rings. The fourth-order valence-corrected chi connectivity index (χ4v) is 3.91. The molecule has 0 bridgehead atoms. The van der Waals surface area contributed by atoms with Gasteiger partial charge in [-0.25, -0.2) is 4.98 Å². The maximum Gasteiger partial charge on any atom is 0.254 e. The molecule has 1 saturated heterocycles. The Hall–Kier alpha value is -1.63. The number of amides is 2. The molecule has 2 heterocycles. The molecule has 0 radical (unpaired) electrons. The van der Waals surface area contributed by atoms with Gasteiger partial charge in [-0.2, -0.15) is 0 Å². The van der Waals surface area contributed by atoms with E-state index >= 15 is 0 Å². The summed E-state index contributed by atoms with van der Waals surface area (Å²) in [6, 6.07) is 4.24. The summed E-state index contributed by atoms with van der Waals surface area (Å²) in [5, 5.41) is 4.11. The highest BCUT2D eigenvalue weighted by atomic mass is 35.5. The Morgan fingerprint density at radius 3 is 2.68 bits per heavy atom. The molecule has 1 aromatic carbocycles. The number of hydrogen-bond acceptors (Lipinski definition) is 4. The van der Waals surface area contributed by atoms with Crippen LogP contribution in [0.2, 0.25) is 10.0 Å². The van der Waals surface area contributed by atoms with Crippen molar-refractivity contribution < 1.29 is 9.59 Å². The molecule has 1 aliphatic heterocycles. The van der Waals surface area contributed by atoms with Crippen LogP contribution < -0.4 is 5.32 Å². The molecule has 1 aromatic heterocycles. The van der Waals surface area contributed by atoms with Crippen LogP contribution in [0.25, 0.3) is 0 Å². The van der Waals surface area contributed by atoms with Crippen molar-refractivity contribution in [3.05, 3.63) is 44.4 Å². The van der Waals surface area contributed by atoms with E-state index in [1.807, 2.05) is 13.8 Å². The van der Waals surface area contributed by atoms with Crippen LogP contribution in [-0.4, -0.2) is 34.3 Å². The van der Waals surface area contributed by atoms with Gasteiger partial charge in [0.25, 0.3) is 5.91 Å². The largest absolute Gasteiger partial charge is 0.327 e. The Balaban J connectivity index is 1.76. The number of nitrogens with one attached hydrogen (secondary N) is 1. The van der Waals surface area contributed by atoms with Crippen molar-refractivity contribution in [2.24, 2.45) is 0 Å². The van der Waals surface area contributed by atoms with E-state index in [2.05, 4.69) is 10.3 Å². The number of halogens is 2. The van der Waals surface area contributed by atoms with Gasteiger partial charge in [0.15, 0.2) is 5.13 Å². The van der Waals surface area contributed by atoms with E-state index < -0.39 is 6.04 Å². The van der Waals surface area contributed by atoms with Crippen molar-refractivity contribution in [1.82, 2.24) is 9.88 Å². The number of carbonyl (C=O) groups excluding carboxylic acids is 2. The molecule has 2 amide bonds. The average molecular weight is 398 g/mol. The topological polar surface area (TPSA) is 62.3 Å². The van der Waals surface area contributed by atoms with Crippen molar-refractivity contribution in [1.29, 1.82) is 0 Å². The third-order valence-corrected chi connectivity index (χ3v) is 5.97. The van der Waals surface area contributed by atoms with Crippen molar-refractivity contribution in [3.8, 4) is 0 Å². The van der Waals surface area contributed by atoms with E-state index in [0.29, 0.717) is 33.7 Å². The van der Waals surface area contributed by atoms with Crippen LogP contribution in [0.5, 0.6) is 0 Å². The number of hydrogen-bond donors (Lipinski definition) is 1. The van der Waals surface area contributed by atoms with Gasteiger partial charge in [-0.3, -0.25) is 9.59 Å². The first-order chi connectivity index (χ1) is 11.9. The number of carbonyl (C=O) groups is 2. The van der Waals surface area contributed by atoms with E-state index in [1.165, 1.54) is 17.4 Å². The maximum atomic E-state index is 12.8. The molecule has 1 N–H and O–H groups in total. The first kappa shape index (κ1) is 18.2. The molecule has 1 fully saturated rings. The second kappa shape index (κ2) is 7.32. The highest BCUT2D eigenvalue weighted by Gasteiger charge is 2.35. The minimum atomic E-state index is -0.508. The molecule has 1 atom stereocenters. The lowest BCUT2D eigenvalue weighted by molar-refractivity contribution is -0.119. The molecule has 0 aliphatic carbocycles. The number of rotatable bonds is 3. The molecule has 3 rings (SSSR count). The lowest BCUT2D eigenvalue weighted by atomic mass is 10.1. The maximum absolute atomic E-state index is 12.8. The number of thiazole rings is 1. The fourth-order valence-electron chi connectivity index (χ4n) is 2.79. The molecule has 8 heteroatoms. The zero-order valence-electron chi connectivity index (χ0n) is 13.8. The van der Waals surface area contributed by atoms with Gasteiger partial charge in [-0.15, -0.1) is 11.3 Å². The van der Waals surface area contributed by atoms with Crippen LogP contribution in [-0.2, 0) is 4.79 Å². The molecule has 25 heavy (non-hydrogen) atoms. The quantitative estimate of drug-likeness (QED) is 0.838. The van der Waals surface area contributed by atoms with E-state index in [1.54, 1.807) is 17.0 Å². The van der Waals surface area contributed by atoms with Gasteiger partial charge in [0, 0.05) is 17.0 Å². The standard InChI is InChI=1S/C17H17Cl2N3O2S/c1-9-10(2)25-17(20-9)21-15(23)14-4-3-7-22(14)16(24)11-5-6-12(18)13(19)8-11/h5-6,8,14H,3-4,7H2,1-2H3,(H,20,21,23)/t14-/m0/s1. The summed E-state index contributed by atoms with van der Waals surface area (Å²) in [6.45, 7) is 4.39. The SMILES string of the molecule is Cc1nc(NC(=O)[C@@H]2CCCN2C(=O)c2ccc(Cl)c(Cl)c2)sc1C. The third kappa shape index (κ3) is 3.81. The van der Waals surface area contributed by atoms with Crippen LogP contribution >= 0.6 is 34.5 Å². The Kier molecular flexibility index (Phi) is 5.32. The van der Waals surface area contributed by atoms with Crippen LogP contribution in [0.3, 0.4) is 0 Å². The summed E-state index contributed by atoms with van der Waals surface area (Å²) in [7, 11) is 0. The van der Waals surface area contributed by atoms with E-state index in [0.717, 1.165) is 17.0 Å². The zero-order chi connectivity index (χ0) is 18.1. The summed E-state index contributed by atoms with van der Waals surface area (Å²) in [5.41, 5.74) is 1.32. The summed E-state index contributed by atoms with van der Waals surface area (Å²) in [6.07, 6.45) is 1.41. The fraction of sp³-hybridized carbons (Fsp3) is 0.353. The van der Waals surface area contributed by atoms with Gasteiger partial charge < -0.3 is 10.2 Å². The normalized spacial score (nSPS) is 17.0. The molecular weight excluding hydrogens is 381 g/mol. The average Bonchev–Trinajstić information content (AvgIpc) is 3.16. The highest BCUT2D eigenvalue weighted by Crippen LogP contribution is 2.27. The van der Waals surface area contributed by atoms with Crippen molar-refractivity contribution in [2.45, 2.75) is 32.7 Å². The van der Waals surface area contributed by atoms with Gasteiger partial charge in [0.2, 0.25) is 5.91 Å². The van der Waals surface area contributed by atoms with Gasteiger partial charge in [-0.1, -0.05) is 23.2 Å². The summed E-state index contributed by atoms with van der Waals surface area (Å²) in [5.74, 6) is -0.428. The van der Waals surface area contributed by atoms with Crippen molar-refractivity contribution in [3.63, 3.8) is 0 Å². The number of benzene rings is 1. The van der Waals surface area contributed by atoms with Crippen molar-refractivity contribution in [2.75, 3.05) is 11.9 Å². The Morgan fingerprint density at radius 1 is 1.28 bits per heavy atom. The summed E-state index contributed by atoms with van der Waals surface area (Å²) < 4.78 is 0. The van der Waals surface area contributed by atoms with E-state index in [-0.39, 0.29) is 11.8 Å². The molecule has 0 unspecified atom stereocenters. The van der Waals surface area contributed by atoms with Crippen LogP contribution in [0.4, 0.5) is 5.13 Å². The number of nitrogens with zero attached hydrogens (tertiary/aromatic N) is 2. The van der Waals surface area contributed by atoms with Crippen LogP contribution in [0.15, 0.2) is 18.2 Å². The molecule has 0 saturated carbocycles. The first-order valence-corrected chi connectivity index (χ1v) is 9.45. The lowest BCUT2D eigenvalue weighted by Crippen LogP contribution is -2.43. The monoisotopic (exact) mass is 397 g/mol. The Bertz CT molecular complexity index is 818. The minimum Gasteiger partial charge on any atom is -0.327 e. The predicted octanol–water partition coefficient (Wildman–Crippen LogP) is 4.31. The molecule has 132 valence electrons.